The lowest BCUT2D eigenvalue weighted by molar-refractivity contribution is 0.0730. The molecule has 4 rings (SSSR count). The summed E-state index contributed by atoms with van der Waals surface area (Å²) in [5, 5.41) is 2.29. The Balaban J connectivity index is 1.63. The van der Waals surface area contributed by atoms with Crippen LogP contribution in [0.5, 0.6) is 0 Å². The molecule has 0 atom stereocenters. The first kappa shape index (κ1) is 14.0. The Morgan fingerprint density at radius 2 is 1.57 bits per heavy atom. The number of hydrogen-bond acceptors (Lipinski definition) is 1. The molecule has 0 unspecified atom stereocenters. The summed E-state index contributed by atoms with van der Waals surface area (Å²) in [6.07, 6.45) is 2.23. The molecule has 0 spiro atoms. The zero-order valence-corrected chi connectivity index (χ0v) is 13.0. The molecule has 0 heterocycles. The summed E-state index contributed by atoms with van der Waals surface area (Å²) in [7, 11) is 0. The van der Waals surface area contributed by atoms with E-state index in [2.05, 4.69) is 24.3 Å². The first-order chi connectivity index (χ1) is 11.3. The van der Waals surface area contributed by atoms with Crippen molar-refractivity contribution in [2.75, 3.05) is 0 Å². The maximum Gasteiger partial charge on any atom is 0.254 e. The van der Waals surface area contributed by atoms with E-state index in [-0.39, 0.29) is 5.91 Å². The third kappa shape index (κ3) is 2.98. The highest BCUT2D eigenvalue weighted by atomic mass is 16.2. The maximum atomic E-state index is 13.0. The summed E-state index contributed by atoms with van der Waals surface area (Å²) in [6, 6.07) is 24.8. The second-order valence-corrected chi connectivity index (χ2v) is 6.21. The van der Waals surface area contributed by atoms with Crippen molar-refractivity contribution in [1.82, 2.24) is 4.90 Å². The number of hydrogen-bond donors (Lipinski definition) is 0. The van der Waals surface area contributed by atoms with Crippen LogP contribution in [0.1, 0.15) is 28.8 Å². The lowest BCUT2D eigenvalue weighted by Crippen LogP contribution is -2.32. The third-order valence-corrected chi connectivity index (χ3v) is 4.44. The van der Waals surface area contributed by atoms with Crippen LogP contribution < -0.4 is 0 Å². The van der Waals surface area contributed by atoms with Gasteiger partial charge in [0, 0.05) is 18.2 Å². The van der Waals surface area contributed by atoms with E-state index in [0.29, 0.717) is 12.6 Å². The fourth-order valence-corrected chi connectivity index (χ4v) is 3.02. The average molecular weight is 301 g/mol. The van der Waals surface area contributed by atoms with Crippen LogP contribution in [0.2, 0.25) is 0 Å². The molecule has 114 valence electrons. The van der Waals surface area contributed by atoms with Crippen molar-refractivity contribution in [3.63, 3.8) is 0 Å². The van der Waals surface area contributed by atoms with E-state index in [0.717, 1.165) is 23.8 Å². The van der Waals surface area contributed by atoms with Gasteiger partial charge in [-0.1, -0.05) is 60.7 Å². The van der Waals surface area contributed by atoms with Crippen molar-refractivity contribution in [2.45, 2.75) is 25.4 Å². The molecule has 0 aromatic heterocycles. The highest BCUT2D eigenvalue weighted by Crippen LogP contribution is 2.30. The first-order valence-corrected chi connectivity index (χ1v) is 8.15. The minimum absolute atomic E-state index is 0.141. The standard InChI is InChI=1S/C21H19NO/c23-21(19-11-10-17-8-4-5-9-18(17)14-19)22(20-12-13-20)15-16-6-2-1-3-7-16/h1-11,14,20H,12-13,15H2. The van der Waals surface area contributed by atoms with Crippen molar-refractivity contribution < 1.29 is 4.79 Å². The summed E-state index contributed by atoms with van der Waals surface area (Å²) < 4.78 is 0. The van der Waals surface area contributed by atoms with Gasteiger partial charge in [0.05, 0.1) is 0 Å². The van der Waals surface area contributed by atoms with Gasteiger partial charge in [0.25, 0.3) is 5.91 Å². The normalized spacial score (nSPS) is 13.9. The van der Waals surface area contributed by atoms with Crippen LogP contribution in [-0.2, 0) is 6.54 Å². The number of carbonyl (C=O) groups is 1. The van der Waals surface area contributed by atoms with Crippen LogP contribution in [0.15, 0.2) is 72.8 Å². The number of rotatable bonds is 4. The predicted octanol–water partition coefficient (Wildman–Crippen LogP) is 4.64. The monoisotopic (exact) mass is 301 g/mol. The molecule has 0 saturated heterocycles. The average Bonchev–Trinajstić information content (AvgIpc) is 3.44. The zero-order valence-electron chi connectivity index (χ0n) is 13.0. The van der Waals surface area contributed by atoms with Gasteiger partial charge in [-0.3, -0.25) is 4.79 Å². The van der Waals surface area contributed by atoms with Crippen molar-refractivity contribution in [2.24, 2.45) is 0 Å². The molecule has 0 radical (unpaired) electrons. The van der Waals surface area contributed by atoms with Crippen LogP contribution in [-0.4, -0.2) is 16.8 Å². The number of fused-ring (bicyclic) bond motifs is 1. The number of benzene rings is 3. The van der Waals surface area contributed by atoms with Gasteiger partial charge in [0.2, 0.25) is 0 Å². The molecule has 2 nitrogen and oxygen atoms in total. The van der Waals surface area contributed by atoms with Crippen LogP contribution in [0.4, 0.5) is 0 Å². The summed E-state index contributed by atoms with van der Waals surface area (Å²) >= 11 is 0. The van der Waals surface area contributed by atoms with Gasteiger partial charge in [-0.2, -0.15) is 0 Å². The Morgan fingerprint density at radius 1 is 0.870 bits per heavy atom. The summed E-state index contributed by atoms with van der Waals surface area (Å²) in [4.78, 5) is 15.0. The molecule has 3 aromatic carbocycles. The molecule has 0 N–H and O–H groups in total. The Kier molecular flexibility index (Phi) is 3.58. The number of nitrogens with zero attached hydrogens (tertiary/aromatic N) is 1. The van der Waals surface area contributed by atoms with Gasteiger partial charge in [-0.05, 0) is 41.3 Å². The Labute approximate surface area is 136 Å². The Morgan fingerprint density at radius 3 is 2.30 bits per heavy atom. The molecule has 23 heavy (non-hydrogen) atoms. The van der Waals surface area contributed by atoms with Crippen molar-refractivity contribution in [1.29, 1.82) is 0 Å². The molecule has 2 heteroatoms. The minimum Gasteiger partial charge on any atom is -0.331 e. The topological polar surface area (TPSA) is 20.3 Å². The second kappa shape index (κ2) is 5.88. The summed E-state index contributed by atoms with van der Waals surface area (Å²) in [5.74, 6) is 0.141. The Hall–Kier alpha value is -2.61. The lowest BCUT2D eigenvalue weighted by atomic mass is 10.1. The smallest absolute Gasteiger partial charge is 0.254 e. The van der Waals surface area contributed by atoms with Gasteiger partial charge in [-0.15, -0.1) is 0 Å². The SMILES string of the molecule is O=C(c1ccc2ccccc2c1)N(Cc1ccccc1)C1CC1. The summed E-state index contributed by atoms with van der Waals surface area (Å²) in [5.41, 5.74) is 1.97. The maximum absolute atomic E-state index is 13.0. The molecule has 1 aliphatic carbocycles. The quantitative estimate of drug-likeness (QED) is 0.687. The van der Waals surface area contributed by atoms with E-state index in [1.54, 1.807) is 0 Å². The molecule has 1 saturated carbocycles. The Bertz CT molecular complexity index is 837. The third-order valence-electron chi connectivity index (χ3n) is 4.44. The zero-order chi connectivity index (χ0) is 15.6. The van der Waals surface area contributed by atoms with E-state index in [4.69, 9.17) is 0 Å². The molecule has 0 aliphatic heterocycles. The fraction of sp³-hybridized carbons (Fsp3) is 0.190. The second-order valence-electron chi connectivity index (χ2n) is 6.21. The van der Waals surface area contributed by atoms with Gasteiger partial charge >= 0.3 is 0 Å². The van der Waals surface area contributed by atoms with E-state index in [1.165, 1.54) is 10.9 Å². The van der Waals surface area contributed by atoms with Crippen LogP contribution in [0, 0.1) is 0 Å². The number of carbonyl (C=O) groups excluding carboxylic acids is 1. The van der Waals surface area contributed by atoms with Gasteiger partial charge in [0.15, 0.2) is 0 Å². The van der Waals surface area contributed by atoms with E-state index < -0.39 is 0 Å². The molecule has 1 amide bonds. The van der Waals surface area contributed by atoms with E-state index in [9.17, 15) is 4.79 Å². The summed E-state index contributed by atoms with van der Waals surface area (Å²) in [6.45, 7) is 0.692. The van der Waals surface area contributed by atoms with Gasteiger partial charge < -0.3 is 4.90 Å². The number of amides is 1. The highest BCUT2D eigenvalue weighted by Gasteiger charge is 2.33. The van der Waals surface area contributed by atoms with Gasteiger partial charge in [0.1, 0.15) is 0 Å². The van der Waals surface area contributed by atoms with Crippen LogP contribution >= 0.6 is 0 Å². The van der Waals surface area contributed by atoms with Gasteiger partial charge in [-0.25, -0.2) is 0 Å². The first-order valence-electron chi connectivity index (χ1n) is 8.15. The van der Waals surface area contributed by atoms with Crippen molar-refractivity contribution >= 4 is 16.7 Å². The van der Waals surface area contributed by atoms with Crippen molar-refractivity contribution in [3.05, 3.63) is 83.9 Å². The van der Waals surface area contributed by atoms with E-state index >= 15 is 0 Å². The fourth-order valence-electron chi connectivity index (χ4n) is 3.02. The van der Waals surface area contributed by atoms with Crippen molar-refractivity contribution in [3.8, 4) is 0 Å². The largest absolute Gasteiger partial charge is 0.331 e. The van der Waals surface area contributed by atoms with Crippen LogP contribution in [0.25, 0.3) is 10.8 Å². The molecular weight excluding hydrogens is 282 g/mol. The predicted molar refractivity (Wildman–Crippen MR) is 93.3 cm³/mol. The highest BCUT2D eigenvalue weighted by molar-refractivity contribution is 5.98. The molecule has 1 aliphatic rings. The molecule has 1 fully saturated rings. The molecule has 3 aromatic rings. The molecule has 0 bridgehead atoms. The van der Waals surface area contributed by atoms with E-state index in [1.807, 2.05) is 53.4 Å². The van der Waals surface area contributed by atoms with Crippen LogP contribution in [0.3, 0.4) is 0 Å². The molecular formula is C21H19NO. The minimum atomic E-state index is 0.141. The lowest BCUT2D eigenvalue weighted by Gasteiger charge is -2.23.